The molecular formula is C17H26N2O2. The van der Waals surface area contributed by atoms with E-state index in [0.29, 0.717) is 5.54 Å². The van der Waals surface area contributed by atoms with Gasteiger partial charge in [0, 0.05) is 18.6 Å². The SMILES string of the molecule is CN(C)C1(CNCc2ccc(CC(=O)O)cc2)CCCC1. The number of carboxylic acids is 1. The fraction of sp³-hybridized carbons (Fsp3) is 0.588. The zero-order valence-corrected chi connectivity index (χ0v) is 13.1. The van der Waals surface area contributed by atoms with Gasteiger partial charge in [0.2, 0.25) is 0 Å². The van der Waals surface area contributed by atoms with Crippen LogP contribution >= 0.6 is 0 Å². The van der Waals surface area contributed by atoms with Crippen molar-refractivity contribution in [3.8, 4) is 0 Å². The van der Waals surface area contributed by atoms with E-state index in [0.717, 1.165) is 18.7 Å². The van der Waals surface area contributed by atoms with E-state index in [4.69, 9.17) is 5.11 Å². The Morgan fingerprint density at radius 3 is 2.29 bits per heavy atom. The highest BCUT2D eigenvalue weighted by Crippen LogP contribution is 2.33. The van der Waals surface area contributed by atoms with Gasteiger partial charge in [0.25, 0.3) is 0 Å². The number of benzene rings is 1. The van der Waals surface area contributed by atoms with Gasteiger partial charge < -0.3 is 15.3 Å². The molecule has 0 heterocycles. The molecule has 0 radical (unpaired) electrons. The molecule has 1 aliphatic carbocycles. The summed E-state index contributed by atoms with van der Waals surface area (Å²) in [6.07, 6.45) is 5.28. The second-order valence-electron chi connectivity index (χ2n) is 6.32. The Hall–Kier alpha value is -1.39. The highest BCUT2D eigenvalue weighted by molar-refractivity contribution is 5.70. The van der Waals surface area contributed by atoms with Gasteiger partial charge in [0.15, 0.2) is 0 Å². The van der Waals surface area contributed by atoms with Crippen LogP contribution in [0.1, 0.15) is 36.8 Å². The number of nitrogens with one attached hydrogen (secondary N) is 1. The molecule has 0 atom stereocenters. The van der Waals surface area contributed by atoms with E-state index in [1.165, 1.54) is 31.2 Å². The third-order valence-electron chi connectivity index (χ3n) is 4.64. The molecule has 4 nitrogen and oxygen atoms in total. The molecule has 0 saturated heterocycles. The zero-order valence-electron chi connectivity index (χ0n) is 13.1. The van der Waals surface area contributed by atoms with E-state index in [1.54, 1.807) is 0 Å². The summed E-state index contributed by atoms with van der Waals surface area (Å²) in [6, 6.07) is 7.84. The van der Waals surface area contributed by atoms with Crippen LogP contribution < -0.4 is 5.32 Å². The Morgan fingerprint density at radius 1 is 1.19 bits per heavy atom. The molecule has 0 amide bonds. The van der Waals surface area contributed by atoms with Crippen molar-refractivity contribution in [3.05, 3.63) is 35.4 Å². The Kier molecular flexibility index (Phi) is 5.37. The van der Waals surface area contributed by atoms with Crippen LogP contribution in [0.25, 0.3) is 0 Å². The minimum atomic E-state index is -0.782. The van der Waals surface area contributed by atoms with Gasteiger partial charge in [-0.05, 0) is 38.1 Å². The number of nitrogens with zero attached hydrogens (tertiary/aromatic N) is 1. The lowest BCUT2D eigenvalue weighted by Gasteiger charge is -2.36. The number of carbonyl (C=O) groups is 1. The van der Waals surface area contributed by atoms with E-state index in [2.05, 4.69) is 24.3 Å². The Bertz CT molecular complexity index is 462. The summed E-state index contributed by atoms with van der Waals surface area (Å²) in [6.45, 7) is 1.85. The number of carboxylic acid groups (broad SMARTS) is 1. The molecule has 0 aliphatic heterocycles. The van der Waals surface area contributed by atoms with Crippen molar-refractivity contribution in [2.45, 2.75) is 44.2 Å². The van der Waals surface area contributed by atoms with Gasteiger partial charge in [-0.1, -0.05) is 37.1 Å². The van der Waals surface area contributed by atoms with Gasteiger partial charge in [-0.2, -0.15) is 0 Å². The third kappa shape index (κ3) is 4.29. The quantitative estimate of drug-likeness (QED) is 0.809. The van der Waals surface area contributed by atoms with Gasteiger partial charge in [0.05, 0.1) is 6.42 Å². The molecule has 1 aromatic carbocycles. The standard InChI is InChI=1S/C17H26N2O2/c1-19(2)17(9-3-4-10-17)13-18-12-15-7-5-14(6-8-15)11-16(20)21/h5-8,18H,3-4,9-13H2,1-2H3,(H,20,21). The first-order valence-corrected chi connectivity index (χ1v) is 7.70. The highest BCUT2D eigenvalue weighted by Gasteiger charge is 2.35. The summed E-state index contributed by atoms with van der Waals surface area (Å²) in [4.78, 5) is 13.0. The van der Waals surface area contributed by atoms with Gasteiger partial charge in [-0.25, -0.2) is 0 Å². The maximum Gasteiger partial charge on any atom is 0.307 e. The third-order valence-corrected chi connectivity index (χ3v) is 4.64. The van der Waals surface area contributed by atoms with Gasteiger partial charge in [-0.3, -0.25) is 4.79 Å². The van der Waals surface area contributed by atoms with Crippen molar-refractivity contribution < 1.29 is 9.90 Å². The topological polar surface area (TPSA) is 52.6 Å². The summed E-state index contributed by atoms with van der Waals surface area (Å²) >= 11 is 0. The number of hydrogen-bond acceptors (Lipinski definition) is 3. The summed E-state index contributed by atoms with van der Waals surface area (Å²) in [5.74, 6) is -0.782. The zero-order chi connectivity index (χ0) is 15.3. The fourth-order valence-electron chi connectivity index (χ4n) is 3.20. The number of rotatable bonds is 7. The predicted molar refractivity (Wildman–Crippen MR) is 84.4 cm³/mol. The maximum atomic E-state index is 10.7. The van der Waals surface area contributed by atoms with E-state index >= 15 is 0 Å². The van der Waals surface area contributed by atoms with Crippen LogP contribution in [0.4, 0.5) is 0 Å². The average molecular weight is 290 g/mol. The van der Waals surface area contributed by atoms with Crippen LogP contribution in [0.2, 0.25) is 0 Å². The maximum absolute atomic E-state index is 10.7. The molecule has 116 valence electrons. The first kappa shape index (κ1) is 16.0. The fourth-order valence-corrected chi connectivity index (χ4v) is 3.20. The van der Waals surface area contributed by atoms with Crippen LogP contribution in [0.15, 0.2) is 24.3 Å². The normalized spacial score (nSPS) is 17.3. The lowest BCUT2D eigenvalue weighted by Crippen LogP contribution is -2.49. The van der Waals surface area contributed by atoms with Crippen molar-refractivity contribution in [1.29, 1.82) is 0 Å². The summed E-state index contributed by atoms with van der Waals surface area (Å²) in [5, 5.41) is 12.3. The molecule has 0 spiro atoms. The van der Waals surface area contributed by atoms with Crippen molar-refractivity contribution >= 4 is 5.97 Å². The van der Waals surface area contributed by atoms with Crippen LogP contribution in [0.3, 0.4) is 0 Å². The molecule has 21 heavy (non-hydrogen) atoms. The van der Waals surface area contributed by atoms with E-state index in [9.17, 15) is 4.79 Å². The molecule has 4 heteroatoms. The van der Waals surface area contributed by atoms with Crippen LogP contribution in [0, 0.1) is 0 Å². The lowest BCUT2D eigenvalue weighted by molar-refractivity contribution is -0.136. The lowest BCUT2D eigenvalue weighted by atomic mass is 9.96. The van der Waals surface area contributed by atoms with Crippen LogP contribution in [0.5, 0.6) is 0 Å². The minimum Gasteiger partial charge on any atom is -0.481 e. The van der Waals surface area contributed by atoms with E-state index in [1.807, 2.05) is 24.3 Å². The summed E-state index contributed by atoms with van der Waals surface area (Å²) < 4.78 is 0. The number of hydrogen-bond donors (Lipinski definition) is 2. The Morgan fingerprint density at radius 2 is 1.76 bits per heavy atom. The molecule has 0 aromatic heterocycles. The second-order valence-corrected chi connectivity index (χ2v) is 6.32. The molecule has 1 fully saturated rings. The first-order valence-electron chi connectivity index (χ1n) is 7.70. The van der Waals surface area contributed by atoms with Crippen LogP contribution in [-0.4, -0.2) is 42.2 Å². The number of likely N-dealkylation sites (N-methyl/N-ethyl adjacent to an activating group) is 1. The molecule has 0 unspecified atom stereocenters. The molecule has 1 saturated carbocycles. The van der Waals surface area contributed by atoms with E-state index < -0.39 is 5.97 Å². The largest absolute Gasteiger partial charge is 0.481 e. The summed E-state index contributed by atoms with van der Waals surface area (Å²) in [7, 11) is 4.35. The monoisotopic (exact) mass is 290 g/mol. The molecule has 1 aliphatic rings. The molecule has 2 rings (SSSR count). The van der Waals surface area contributed by atoms with Gasteiger partial charge in [0.1, 0.15) is 0 Å². The smallest absolute Gasteiger partial charge is 0.307 e. The van der Waals surface area contributed by atoms with Crippen molar-refractivity contribution in [2.75, 3.05) is 20.6 Å². The van der Waals surface area contributed by atoms with Gasteiger partial charge in [-0.15, -0.1) is 0 Å². The van der Waals surface area contributed by atoms with Crippen molar-refractivity contribution in [3.63, 3.8) is 0 Å². The Balaban J connectivity index is 1.84. The van der Waals surface area contributed by atoms with Crippen molar-refractivity contribution in [1.82, 2.24) is 10.2 Å². The van der Waals surface area contributed by atoms with Crippen molar-refractivity contribution in [2.24, 2.45) is 0 Å². The summed E-state index contributed by atoms with van der Waals surface area (Å²) in [5.41, 5.74) is 2.37. The predicted octanol–water partition coefficient (Wildman–Crippen LogP) is 2.28. The minimum absolute atomic E-state index is 0.0947. The Labute approximate surface area is 127 Å². The van der Waals surface area contributed by atoms with E-state index in [-0.39, 0.29) is 6.42 Å². The first-order chi connectivity index (χ1) is 10.0. The molecule has 0 bridgehead atoms. The average Bonchev–Trinajstić information content (AvgIpc) is 2.90. The molecule has 1 aromatic rings. The molecular weight excluding hydrogens is 264 g/mol. The highest BCUT2D eigenvalue weighted by atomic mass is 16.4. The second kappa shape index (κ2) is 7.05. The molecule has 2 N–H and O–H groups in total. The number of aliphatic carboxylic acids is 1. The van der Waals surface area contributed by atoms with Gasteiger partial charge >= 0.3 is 5.97 Å². The van der Waals surface area contributed by atoms with Crippen LogP contribution in [-0.2, 0) is 17.8 Å².